The van der Waals surface area contributed by atoms with Crippen LogP contribution in [-0.2, 0) is 6.54 Å². The van der Waals surface area contributed by atoms with Crippen LogP contribution in [0.15, 0.2) is 18.2 Å². The van der Waals surface area contributed by atoms with Crippen molar-refractivity contribution in [2.24, 2.45) is 0 Å². The number of hydrogen-bond donors (Lipinski definition) is 0. The minimum atomic E-state index is 0.687. The molecule has 2 aromatic heterocycles. The second-order valence-electron chi connectivity index (χ2n) is 4.19. The molecule has 2 aromatic rings. The zero-order valence-corrected chi connectivity index (χ0v) is 11.5. The second-order valence-corrected chi connectivity index (χ2v) is 5.20. The molecular formula is C13H15N3OS. The van der Waals surface area contributed by atoms with Crippen molar-refractivity contribution in [3.63, 3.8) is 0 Å². The fourth-order valence-corrected chi connectivity index (χ4v) is 2.51. The van der Waals surface area contributed by atoms with Crippen molar-refractivity contribution in [2.75, 3.05) is 11.9 Å². The van der Waals surface area contributed by atoms with Gasteiger partial charge in [0.1, 0.15) is 0 Å². The predicted octanol–water partition coefficient (Wildman–Crippen LogP) is 2.60. The number of aryl methyl sites for hydroxylation is 2. The van der Waals surface area contributed by atoms with Crippen molar-refractivity contribution < 1.29 is 4.79 Å². The molecule has 0 saturated heterocycles. The first-order valence-corrected chi connectivity index (χ1v) is 6.48. The summed E-state index contributed by atoms with van der Waals surface area (Å²) in [5, 5.41) is 0.845. The molecule has 0 aromatic carbocycles. The Morgan fingerprint density at radius 3 is 2.72 bits per heavy atom. The number of aromatic nitrogens is 2. The molecule has 2 heterocycles. The molecular weight excluding hydrogens is 246 g/mol. The van der Waals surface area contributed by atoms with Crippen LogP contribution in [0.25, 0.3) is 0 Å². The standard InChI is InChI=1S/C13H15N3OS/c1-9-5-4-6-11(14-9)7-16(3)13-15-10(2)12(8-17)18-13/h4-6,8H,7H2,1-3H3. The molecule has 0 aliphatic carbocycles. The molecule has 0 saturated carbocycles. The Kier molecular flexibility index (Phi) is 3.72. The van der Waals surface area contributed by atoms with Crippen LogP contribution in [0.2, 0.25) is 0 Å². The summed E-state index contributed by atoms with van der Waals surface area (Å²) in [5.74, 6) is 0. The van der Waals surface area contributed by atoms with Crippen molar-refractivity contribution in [1.29, 1.82) is 0 Å². The van der Waals surface area contributed by atoms with Crippen LogP contribution in [0.5, 0.6) is 0 Å². The summed E-state index contributed by atoms with van der Waals surface area (Å²) in [5.41, 5.74) is 2.79. The van der Waals surface area contributed by atoms with Crippen LogP contribution in [0.4, 0.5) is 5.13 Å². The third-order valence-corrected chi connectivity index (χ3v) is 3.80. The van der Waals surface area contributed by atoms with Crippen LogP contribution in [0.3, 0.4) is 0 Å². The van der Waals surface area contributed by atoms with Crippen molar-refractivity contribution in [3.8, 4) is 0 Å². The summed E-state index contributed by atoms with van der Waals surface area (Å²) in [6.45, 7) is 4.51. The van der Waals surface area contributed by atoms with E-state index in [1.807, 2.05) is 44.0 Å². The van der Waals surface area contributed by atoms with Gasteiger partial charge in [-0.3, -0.25) is 9.78 Å². The van der Waals surface area contributed by atoms with E-state index in [4.69, 9.17) is 0 Å². The van der Waals surface area contributed by atoms with Crippen LogP contribution < -0.4 is 4.90 Å². The van der Waals surface area contributed by atoms with Gasteiger partial charge in [0.05, 0.1) is 22.8 Å². The summed E-state index contributed by atoms with van der Waals surface area (Å²) in [7, 11) is 1.96. The molecule has 0 unspecified atom stereocenters. The highest BCUT2D eigenvalue weighted by molar-refractivity contribution is 7.17. The zero-order valence-electron chi connectivity index (χ0n) is 10.7. The average molecular weight is 261 g/mol. The van der Waals surface area contributed by atoms with Gasteiger partial charge in [0.2, 0.25) is 0 Å². The SMILES string of the molecule is Cc1cccc(CN(C)c2nc(C)c(C=O)s2)n1. The Balaban J connectivity index is 2.16. The van der Waals surface area contributed by atoms with Gasteiger partial charge < -0.3 is 4.90 Å². The highest BCUT2D eigenvalue weighted by atomic mass is 32.1. The van der Waals surface area contributed by atoms with E-state index in [0.717, 1.165) is 28.5 Å². The zero-order chi connectivity index (χ0) is 13.1. The third kappa shape index (κ3) is 2.73. The van der Waals surface area contributed by atoms with Crippen LogP contribution in [-0.4, -0.2) is 23.3 Å². The van der Waals surface area contributed by atoms with E-state index >= 15 is 0 Å². The molecule has 0 N–H and O–H groups in total. The van der Waals surface area contributed by atoms with E-state index < -0.39 is 0 Å². The molecule has 0 spiro atoms. The lowest BCUT2D eigenvalue weighted by Crippen LogP contribution is -2.17. The minimum absolute atomic E-state index is 0.687. The molecule has 0 bridgehead atoms. The molecule has 2 rings (SSSR count). The van der Waals surface area contributed by atoms with Gasteiger partial charge in [0.25, 0.3) is 0 Å². The normalized spacial score (nSPS) is 10.4. The Bertz CT molecular complexity index is 565. The number of aldehydes is 1. The lowest BCUT2D eigenvalue weighted by Gasteiger charge is -2.15. The Labute approximate surface area is 110 Å². The largest absolute Gasteiger partial charge is 0.345 e. The third-order valence-electron chi connectivity index (χ3n) is 2.60. The molecule has 0 fully saturated rings. The van der Waals surface area contributed by atoms with Gasteiger partial charge >= 0.3 is 0 Å². The number of pyridine rings is 1. The molecule has 0 amide bonds. The van der Waals surface area contributed by atoms with E-state index in [9.17, 15) is 4.79 Å². The quantitative estimate of drug-likeness (QED) is 0.794. The van der Waals surface area contributed by atoms with Gasteiger partial charge in [-0.05, 0) is 26.0 Å². The van der Waals surface area contributed by atoms with Gasteiger partial charge in [-0.25, -0.2) is 4.98 Å². The maximum absolute atomic E-state index is 10.8. The Morgan fingerprint density at radius 1 is 1.33 bits per heavy atom. The van der Waals surface area contributed by atoms with E-state index in [1.165, 1.54) is 11.3 Å². The number of carbonyl (C=O) groups is 1. The highest BCUT2D eigenvalue weighted by Crippen LogP contribution is 2.24. The van der Waals surface area contributed by atoms with E-state index in [2.05, 4.69) is 9.97 Å². The van der Waals surface area contributed by atoms with Crippen LogP contribution in [0, 0.1) is 13.8 Å². The van der Waals surface area contributed by atoms with Crippen molar-refractivity contribution in [1.82, 2.24) is 9.97 Å². The molecule has 0 radical (unpaired) electrons. The number of anilines is 1. The number of nitrogens with zero attached hydrogens (tertiary/aromatic N) is 3. The van der Waals surface area contributed by atoms with Gasteiger partial charge in [0, 0.05) is 12.7 Å². The summed E-state index contributed by atoms with van der Waals surface area (Å²) in [6, 6.07) is 5.96. The smallest absolute Gasteiger partial charge is 0.186 e. The average Bonchev–Trinajstić information content (AvgIpc) is 2.70. The van der Waals surface area contributed by atoms with E-state index in [0.29, 0.717) is 11.4 Å². The molecule has 0 aliphatic heterocycles. The number of rotatable bonds is 4. The molecule has 4 nitrogen and oxygen atoms in total. The first kappa shape index (κ1) is 12.7. The first-order chi connectivity index (χ1) is 8.60. The lowest BCUT2D eigenvalue weighted by molar-refractivity contribution is 0.112. The molecule has 5 heteroatoms. The molecule has 18 heavy (non-hydrogen) atoms. The fourth-order valence-electron chi connectivity index (χ4n) is 1.66. The molecule has 0 atom stereocenters. The number of hydrogen-bond acceptors (Lipinski definition) is 5. The van der Waals surface area contributed by atoms with Gasteiger partial charge in [0.15, 0.2) is 11.4 Å². The summed E-state index contributed by atoms with van der Waals surface area (Å²) < 4.78 is 0. The summed E-state index contributed by atoms with van der Waals surface area (Å²) >= 11 is 1.41. The summed E-state index contributed by atoms with van der Waals surface area (Å²) in [4.78, 5) is 22.3. The van der Waals surface area contributed by atoms with Gasteiger partial charge in [-0.1, -0.05) is 17.4 Å². The molecule has 0 aliphatic rings. The Hall–Kier alpha value is -1.75. The summed E-state index contributed by atoms with van der Waals surface area (Å²) in [6.07, 6.45) is 0.856. The van der Waals surface area contributed by atoms with Crippen molar-refractivity contribution in [2.45, 2.75) is 20.4 Å². The minimum Gasteiger partial charge on any atom is -0.345 e. The lowest BCUT2D eigenvalue weighted by atomic mass is 10.3. The monoisotopic (exact) mass is 261 g/mol. The van der Waals surface area contributed by atoms with Crippen LogP contribution in [0.1, 0.15) is 26.8 Å². The number of carbonyl (C=O) groups excluding carboxylic acids is 1. The predicted molar refractivity (Wildman–Crippen MR) is 73.3 cm³/mol. The second kappa shape index (κ2) is 5.27. The fraction of sp³-hybridized carbons (Fsp3) is 0.308. The van der Waals surface area contributed by atoms with Gasteiger partial charge in [-0.15, -0.1) is 0 Å². The maximum Gasteiger partial charge on any atom is 0.186 e. The van der Waals surface area contributed by atoms with E-state index in [1.54, 1.807) is 0 Å². The van der Waals surface area contributed by atoms with Crippen LogP contribution >= 0.6 is 11.3 Å². The first-order valence-electron chi connectivity index (χ1n) is 5.66. The van der Waals surface area contributed by atoms with E-state index in [-0.39, 0.29) is 0 Å². The number of thiazole rings is 1. The van der Waals surface area contributed by atoms with Crippen molar-refractivity contribution in [3.05, 3.63) is 40.2 Å². The molecule has 94 valence electrons. The topological polar surface area (TPSA) is 46.1 Å². The highest BCUT2D eigenvalue weighted by Gasteiger charge is 2.11. The Morgan fingerprint density at radius 2 is 2.11 bits per heavy atom. The van der Waals surface area contributed by atoms with Gasteiger partial charge in [-0.2, -0.15) is 0 Å². The maximum atomic E-state index is 10.8. The van der Waals surface area contributed by atoms with Crippen molar-refractivity contribution >= 4 is 22.8 Å².